The molecule has 0 bridgehead atoms. The minimum atomic E-state index is -1.92. The van der Waals surface area contributed by atoms with Crippen LogP contribution in [0.5, 0.6) is 5.75 Å². The zero-order valence-corrected chi connectivity index (χ0v) is 16.2. The molecule has 0 fully saturated rings. The molecule has 0 spiro atoms. The number of hydrogen-bond acceptors (Lipinski definition) is 2. The third-order valence-electron chi connectivity index (χ3n) is 4.19. The predicted molar refractivity (Wildman–Crippen MR) is 93.2 cm³/mol. The Kier molecular flexibility index (Phi) is 5.01. The van der Waals surface area contributed by atoms with Gasteiger partial charge in [0.15, 0.2) is 0 Å². The van der Waals surface area contributed by atoms with E-state index in [9.17, 15) is 4.79 Å². The average Bonchev–Trinajstić information content (AvgIpc) is 2.25. The van der Waals surface area contributed by atoms with Gasteiger partial charge in [-0.3, -0.25) is 4.79 Å². The van der Waals surface area contributed by atoms with Crippen LogP contribution in [0.3, 0.4) is 0 Å². The van der Waals surface area contributed by atoms with Crippen molar-refractivity contribution in [1.82, 2.24) is 0 Å². The van der Waals surface area contributed by atoms with E-state index in [0.717, 1.165) is 11.3 Å². The van der Waals surface area contributed by atoms with E-state index in [1.54, 1.807) is 6.07 Å². The van der Waals surface area contributed by atoms with Crippen LogP contribution in [-0.4, -0.2) is 13.6 Å². The van der Waals surface area contributed by atoms with Crippen LogP contribution in [0.4, 0.5) is 0 Å². The van der Waals surface area contributed by atoms with Gasteiger partial charge in [0.25, 0.3) is 5.24 Å². The fourth-order valence-electron chi connectivity index (χ4n) is 1.76. The Balaban J connectivity index is 3.34. The zero-order chi connectivity index (χ0) is 16.6. The first-order chi connectivity index (χ1) is 9.25. The summed E-state index contributed by atoms with van der Waals surface area (Å²) in [7, 11) is -1.92. The number of rotatable bonds is 3. The van der Waals surface area contributed by atoms with Crippen molar-refractivity contribution in [3.63, 3.8) is 0 Å². The fraction of sp³-hybridized carbons (Fsp3) is 0.588. The number of carbonyl (C=O) groups is 1. The first-order valence-corrected chi connectivity index (χ1v) is 10.6. The molecule has 2 nitrogen and oxygen atoms in total. The number of halogens is 1. The quantitative estimate of drug-likeness (QED) is 0.522. The van der Waals surface area contributed by atoms with Gasteiger partial charge in [0.05, 0.1) is 0 Å². The molecule has 1 rings (SSSR count). The molecule has 1 aromatic rings. The van der Waals surface area contributed by atoms with Crippen LogP contribution in [0, 0.1) is 0 Å². The topological polar surface area (TPSA) is 26.3 Å². The fourth-order valence-corrected chi connectivity index (χ4v) is 2.91. The second-order valence-corrected chi connectivity index (χ2v) is 13.2. The third-order valence-corrected chi connectivity index (χ3v) is 8.75. The molecular formula is C17H27ClO2Si. The summed E-state index contributed by atoms with van der Waals surface area (Å²) in [5.74, 6) is 0.871. The van der Waals surface area contributed by atoms with Crippen molar-refractivity contribution in [3.8, 4) is 5.75 Å². The molecule has 0 heterocycles. The summed E-state index contributed by atoms with van der Waals surface area (Å²) in [4.78, 5) is 11.4. The van der Waals surface area contributed by atoms with Crippen LogP contribution in [0.25, 0.3) is 0 Å². The van der Waals surface area contributed by atoms with E-state index in [1.165, 1.54) is 0 Å². The molecule has 0 aliphatic rings. The Morgan fingerprint density at radius 2 is 1.62 bits per heavy atom. The molecule has 4 heteroatoms. The molecule has 0 aliphatic carbocycles. The number of benzene rings is 1. The minimum absolute atomic E-state index is 0.111. The summed E-state index contributed by atoms with van der Waals surface area (Å²) in [6.07, 6.45) is 0. The molecule has 0 N–H and O–H groups in total. The number of hydrogen-bond donors (Lipinski definition) is 0. The summed E-state index contributed by atoms with van der Waals surface area (Å²) in [6.45, 7) is 17.4. The van der Waals surface area contributed by atoms with Gasteiger partial charge in [0, 0.05) is 5.56 Å². The summed E-state index contributed by atoms with van der Waals surface area (Å²) in [6, 6.07) is 5.49. The van der Waals surface area contributed by atoms with Crippen LogP contribution in [0.1, 0.15) is 57.5 Å². The van der Waals surface area contributed by atoms with Gasteiger partial charge >= 0.3 is 0 Å². The van der Waals surface area contributed by atoms with E-state index in [4.69, 9.17) is 16.0 Å². The van der Waals surface area contributed by atoms with Gasteiger partial charge in [-0.15, -0.1) is 0 Å². The van der Waals surface area contributed by atoms with Gasteiger partial charge in [0.1, 0.15) is 5.75 Å². The van der Waals surface area contributed by atoms with E-state index in [2.05, 4.69) is 54.6 Å². The highest BCUT2D eigenvalue weighted by molar-refractivity contribution is 6.74. The van der Waals surface area contributed by atoms with Crippen molar-refractivity contribution < 1.29 is 9.22 Å². The Bertz CT molecular complexity index is 537. The summed E-state index contributed by atoms with van der Waals surface area (Å²) < 4.78 is 6.44. The molecule has 0 unspecified atom stereocenters. The molecule has 0 aromatic heterocycles. The first-order valence-electron chi connectivity index (χ1n) is 7.29. The molecule has 21 heavy (non-hydrogen) atoms. The summed E-state index contributed by atoms with van der Waals surface area (Å²) >= 11 is 5.61. The van der Waals surface area contributed by atoms with Gasteiger partial charge in [-0.1, -0.05) is 41.5 Å². The third kappa shape index (κ3) is 4.33. The van der Waals surface area contributed by atoms with Crippen LogP contribution in [0.15, 0.2) is 18.2 Å². The van der Waals surface area contributed by atoms with Gasteiger partial charge in [-0.2, -0.15) is 0 Å². The Morgan fingerprint density at radius 3 is 2.00 bits per heavy atom. The Labute approximate surface area is 135 Å². The maximum atomic E-state index is 11.4. The van der Waals surface area contributed by atoms with Gasteiger partial charge < -0.3 is 4.43 Å². The molecule has 0 amide bonds. The second kappa shape index (κ2) is 5.77. The maximum absolute atomic E-state index is 11.4. The molecule has 0 saturated carbocycles. The second-order valence-electron chi connectivity index (χ2n) is 8.10. The van der Waals surface area contributed by atoms with E-state index >= 15 is 0 Å². The first kappa shape index (κ1) is 18.2. The molecule has 0 aliphatic heterocycles. The Morgan fingerprint density at radius 1 is 1.10 bits per heavy atom. The van der Waals surface area contributed by atoms with Crippen LogP contribution in [0.2, 0.25) is 18.1 Å². The van der Waals surface area contributed by atoms with E-state index in [1.807, 2.05) is 12.1 Å². The lowest BCUT2D eigenvalue weighted by atomic mass is 9.85. The van der Waals surface area contributed by atoms with Crippen molar-refractivity contribution >= 4 is 25.2 Å². The van der Waals surface area contributed by atoms with E-state index in [0.29, 0.717) is 5.56 Å². The van der Waals surface area contributed by atoms with Crippen molar-refractivity contribution in [2.75, 3.05) is 0 Å². The Hall–Kier alpha value is -0.803. The summed E-state index contributed by atoms with van der Waals surface area (Å²) in [5, 5.41) is -0.303. The zero-order valence-electron chi connectivity index (χ0n) is 14.4. The van der Waals surface area contributed by atoms with E-state index < -0.39 is 13.6 Å². The van der Waals surface area contributed by atoms with Gasteiger partial charge in [-0.25, -0.2) is 0 Å². The van der Waals surface area contributed by atoms with Gasteiger partial charge in [0.2, 0.25) is 8.32 Å². The average molecular weight is 327 g/mol. The lowest BCUT2D eigenvalue weighted by Crippen LogP contribution is -2.44. The monoisotopic (exact) mass is 326 g/mol. The molecule has 0 radical (unpaired) electrons. The number of carbonyl (C=O) groups excluding carboxylic acids is 1. The SMILES string of the molecule is CC(C)(C)c1cc(C(=O)Cl)ccc1O[Si](C)(C)C(C)(C)C. The normalized spacial score (nSPS) is 13.2. The van der Waals surface area contributed by atoms with Crippen molar-refractivity contribution in [1.29, 1.82) is 0 Å². The van der Waals surface area contributed by atoms with Gasteiger partial charge in [-0.05, 0) is 58.9 Å². The lowest BCUT2D eigenvalue weighted by molar-refractivity contribution is 0.108. The van der Waals surface area contributed by atoms with Crippen LogP contribution < -0.4 is 4.43 Å². The van der Waals surface area contributed by atoms with Crippen molar-refractivity contribution in [3.05, 3.63) is 29.3 Å². The van der Waals surface area contributed by atoms with E-state index in [-0.39, 0.29) is 10.5 Å². The van der Waals surface area contributed by atoms with Crippen LogP contribution >= 0.6 is 11.6 Å². The predicted octanol–water partition coefficient (Wildman–Crippen LogP) is 5.75. The largest absolute Gasteiger partial charge is 0.543 e. The molecule has 0 saturated heterocycles. The van der Waals surface area contributed by atoms with Crippen LogP contribution in [-0.2, 0) is 5.41 Å². The molecule has 1 aromatic carbocycles. The molecule has 0 atom stereocenters. The highest BCUT2D eigenvalue weighted by Gasteiger charge is 2.39. The highest BCUT2D eigenvalue weighted by atomic mass is 35.5. The highest BCUT2D eigenvalue weighted by Crippen LogP contribution is 2.40. The maximum Gasteiger partial charge on any atom is 0.252 e. The molecular weight excluding hydrogens is 300 g/mol. The summed E-state index contributed by atoms with van der Waals surface area (Å²) in [5.41, 5.74) is 1.43. The lowest BCUT2D eigenvalue weighted by Gasteiger charge is -2.38. The standard InChI is InChI=1S/C17H27ClO2Si/c1-16(2,3)13-11-12(15(18)19)9-10-14(13)20-21(7,8)17(4,5)6/h9-11H,1-8H3. The van der Waals surface area contributed by atoms with Crippen molar-refractivity contribution in [2.24, 2.45) is 0 Å². The molecule has 118 valence electrons. The minimum Gasteiger partial charge on any atom is -0.543 e. The van der Waals surface area contributed by atoms with Crippen molar-refractivity contribution in [2.45, 2.75) is 65.1 Å². The smallest absolute Gasteiger partial charge is 0.252 e.